The fourth-order valence-corrected chi connectivity index (χ4v) is 3.33. The fourth-order valence-electron chi connectivity index (χ4n) is 3.33. The number of aromatic nitrogens is 1. The van der Waals surface area contributed by atoms with Crippen molar-refractivity contribution in [1.29, 1.82) is 0 Å². The highest BCUT2D eigenvalue weighted by atomic mass is 16.2. The van der Waals surface area contributed by atoms with Crippen molar-refractivity contribution in [2.24, 2.45) is 5.92 Å². The second-order valence-electron chi connectivity index (χ2n) is 6.24. The summed E-state index contributed by atoms with van der Waals surface area (Å²) in [5.41, 5.74) is 0.639. The van der Waals surface area contributed by atoms with Crippen LogP contribution in [-0.4, -0.2) is 53.9 Å². The van der Waals surface area contributed by atoms with Crippen LogP contribution in [0.4, 0.5) is 0 Å². The van der Waals surface area contributed by atoms with Crippen LogP contribution in [0.5, 0.6) is 0 Å². The molecule has 2 aliphatic rings. The maximum Gasteiger partial charge on any atom is 0.270 e. The molecule has 0 radical (unpaired) electrons. The molecule has 3 heterocycles. The third-order valence-electron chi connectivity index (χ3n) is 4.58. The Morgan fingerprint density at radius 2 is 2.23 bits per heavy atom. The quantitative estimate of drug-likeness (QED) is 0.767. The van der Waals surface area contributed by atoms with E-state index in [9.17, 15) is 9.59 Å². The van der Waals surface area contributed by atoms with E-state index in [-0.39, 0.29) is 17.9 Å². The molecule has 2 amide bonds. The minimum Gasteiger partial charge on any atom is -0.357 e. The normalized spacial score (nSPS) is 25.2. The summed E-state index contributed by atoms with van der Waals surface area (Å²) in [6, 6.07) is 3.61. The molecular weight excluding hydrogens is 280 g/mol. The number of carbonyl (C=O) groups excluding carboxylic acids is 2. The van der Waals surface area contributed by atoms with Crippen LogP contribution in [0.25, 0.3) is 0 Å². The van der Waals surface area contributed by atoms with Crippen molar-refractivity contribution in [3.8, 4) is 0 Å². The van der Waals surface area contributed by atoms with Gasteiger partial charge in [-0.1, -0.05) is 0 Å². The Morgan fingerprint density at radius 1 is 1.32 bits per heavy atom. The van der Waals surface area contributed by atoms with Crippen molar-refractivity contribution >= 4 is 11.8 Å². The molecule has 22 heavy (non-hydrogen) atoms. The lowest BCUT2D eigenvalue weighted by Gasteiger charge is -2.32. The second-order valence-corrected chi connectivity index (χ2v) is 6.24. The maximum absolute atomic E-state index is 12.4. The Balaban J connectivity index is 1.48. The van der Waals surface area contributed by atoms with Gasteiger partial charge in [-0.05, 0) is 50.3 Å². The van der Waals surface area contributed by atoms with Crippen molar-refractivity contribution in [2.45, 2.75) is 31.7 Å². The van der Waals surface area contributed by atoms with Crippen molar-refractivity contribution in [3.05, 3.63) is 24.0 Å². The summed E-state index contributed by atoms with van der Waals surface area (Å²) in [6.45, 7) is 3.11. The molecule has 2 saturated heterocycles. The average Bonchev–Trinajstić information content (AvgIpc) is 3.25. The van der Waals surface area contributed by atoms with Crippen LogP contribution in [0.1, 0.15) is 36.2 Å². The number of hydrogen-bond acceptors (Lipinski definition) is 3. The Kier molecular flexibility index (Phi) is 4.77. The Labute approximate surface area is 130 Å². The number of hydrogen-bond donors (Lipinski definition) is 3. The van der Waals surface area contributed by atoms with Gasteiger partial charge in [0.15, 0.2) is 0 Å². The van der Waals surface area contributed by atoms with Crippen molar-refractivity contribution in [3.63, 3.8) is 0 Å². The molecule has 2 fully saturated rings. The Morgan fingerprint density at radius 3 is 2.95 bits per heavy atom. The summed E-state index contributed by atoms with van der Waals surface area (Å²) < 4.78 is 0. The maximum atomic E-state index is 12.4. The van der Waals surface area contributed by atoms with Gasteiger partial charge in [-0.15, -0.1) is 0 Å². The lowest BCUT2D eigenvalue weighted by Crippen LogP contribution is -2.46. The van der Waals surface area contributed by atoms with Crippen LogP contribution in [0.3, 0.4) is 0 Å². The first-order chi connectivity index (χ1) is 10.7. The summed E-state index contributed by atoms with van der Waals surface area (Å²) in [4.78, 5) is 29.2. The zero-order valence-corrected chi connectivity index (χ0v) is 12.8. The van der Waals surface area contributed by atoms with Crippen molar-refractivity contribution in [1.82, 2.24) is 20.5 Å². The minimum absolute atomic E-state index is 0.0276. The molecule has 1 aromatic rings. The van der Waals surface area contributed by atoms with E-state index in [2.05, 4.69) is 15.6 Å². The molecule has 0 aliphatic carbocycles. The van der Waals surface area contributed by atoms with Gasteiger partial charge in [0.1, 0.15) is 5.69 Å². The second kappa shape index (κ2) is 6.96. The smallest absolute Gasteiger partial charge is 0.270 e. The Hall–Kier alpha value is -1.82. The topological polar surface area (TPSA) is 77.2 Å². The van der Waals surface area contributed by atoms with Gasteiger partial charge < -0.3 is 20.5 Å². The fraction of sp³-hybridized carbons (Fsp3) is 0.625. The van der Waals surface area contributed by atoms with E-state index in [0.717, 1.165) is 45.3 Å². The van der Waals surface area contributed by atoms with Gasteiger partial charge >= 0.3 is 0 Å². The number of amides is 2. The number of nitrogens with zero attached hydrogens (tertiary/aromatic N) is 1. The van der Waals surface area contributed by atoms with E-state index in [0.29, 0.717) is 18.2 Å². The highest BCUT2D eigenvalue weighted by Crippen LogP contribution is 2.18. The summed E-state index contributed by atoms with van der Waals surface area (Å²) in [6.07, 6.45) is 5.82. The van der Waals surface area contributed by atoms with E-state index < -0.39 is 0 Å². The van der Waals surface area contributed by atoms with Gasteiger partial charge in [-0.3, -0.25) is 9.59 Å². The highest BCUT2D eigenvalue weighted by molar-refractivity contribution is 5.92. The molecule has 0 aromatic carbocycles. The summed E-state index contributed by atoms with van der Waals surface area (Å²) in [5.74, 6) is 0.502. The van der Waals surface area contributed by atoms with Gasteiger partial charge in [0.2, 0.25) is 5.91 Å². The molecule has 3 rings (SSSR count). The molecule has 0 saturated carbocycles. The van der Waals surface area contributed by atoms with Crippen LogP contribution in [0.15, 0.2) is 18.3 Å². The predicted molar refractivity (Wildman–Crippen MR) is 83.5 cm³/mol. The molecular formula is C16H24N4O2. The lowest BCUT2D eigenvalue weighted by atomic mass is 9.97. The molecule has 6 heteroatoms. The largest absolute Gasteiger partial charge is 0.357 e. The molecule has 120 valence electrons. The monoisotopic (exact) mass is 304 g/mol. The Bertz CT molecular complexity index is 508. The van der Waals surface area contributed by atoms with Crippen molar-refractivity contribution in [2.75, 3.05) is 26.2 Å². The first kappa shape index (κ1) is 15.1. The first-order valence-electron chi connectivity index (χ1n) is 8.18. The molecule has 0 bridgehead atoms. The third-order valence-corrected chi connectivity index (χ3v) is 4.58. The van der Waals surface area contributed by atoms with Crippen LogP contribution < -0.4 is 10.6 Å². The van der Waals surface area contributed by atoms with Crippen LogP contribution >= 0.6 is 0 Å². The van der Waals surface area contributed by atoms with Gasteiger partial charge in [-0.25, -0.2) is 0 Å². The van der Waals surface area contributed by atoms with E-state index >= 15 is 0 Å². The molecule has 6 nitrogen and oxygen atoms in total. The number of aromatic amines is 1. The standard InChI is InChI=1S/C16H24N4O2/c21-15(13-5-1-7-17-13)19-10-12-4-3-9-20(11-12)16(22)14-6-2-8-18-14/h2,6,8,12-13,17-18H,1,3-5,7,9-11H2,(H,19,21). The van der Waals surface area contributed by atoms with Crippen LogP contribution in [-0.2, 0) is 4.79 Å². The zero-order chi connectivity index (χ0) is 15.4. The molecule has 0 spiro atoms. The van der Waals surface area contributed by atoms with Gasteiger partial charge in [-0.2, -0.15) is 0 Å². The summed E-state index contributed by atoms with van der Waals surface area (Å²) >= 11 is 0. The summed E-state index contributed by atoms with van der Waals surface area (Å²) in [5, 5.41) is 6.25. The van der Waals surface area contributed by atoms with Crippen molar-refractivity contribution < 1.29 is 9.59 Å². The van der Waals surface area contributed by atoms with Gasteiger partial charge in [0.05, 0.1) is 6.04 Å². The number of rotatable bonds is 4. The minimum atomic E-state index is -0.0276. The van der Waals surface area contributed by atoms with Gasteiger partial charge in [0.25, 0.3) is 5.91 Å². The number of likely N-dealkylation sites (tertiary alicyclic amines) is 1. The van der Waals surface area contributed by atoms with E-state index in [1.54, 1.807) is 12.3 Å². The predicted octanol–water partition coefficient (Wildman–Crippen LogP) is 0.735. The molecule has 1 aromatic heterocycles. The SMILES string of the molecule is O=C(NCC1CCCN(C(=O)c2ccc[nH]2)C1)C1CCCN1. The third kappa shape index (κ3) is 3.50. The lowest BCUT2D eigenvalue weighted by molar-refractivity contribution is -0.123. The number of H-pyrrole nitrogens is 1. The van der Waals surface area contributed by atoms with E-state index in [1.807, 2.05) is 11.0 Å². The van der Waals surface area contributed by atoms with Crippen LogP contribution in [0, 0.1) is 5.92 Å². The molecule has 2 aliphatic heterocycles. The first-order valence-corrected chi connectivity index (χ1v) is 8.18. The number of carbonyl (C=O) groups is 2. The molecule has 2 unspecified atom stereocenters. The van der Waals surface area contributed by atoms with Gasteiger partial charge in [0, 0.05) is 25.8 Å². The van der Waals surface area contributed by atoms with E-state index in [4.69, 9.17) is 0 Å². The zero-order valence-electron chi connectivity index (χ0n) is 12.8. The number of nitrogens with one attached hydrogen (secondary N) is 3. The molecule has 2 atom stereocenters. The highest BCUT2D eigenvalue weighted by Gasteiger charge is 2.27. The molecule has 3 N–H and O–H groups in total. The number of piperidine rings is 1. The average molecular weight is 304 g/mol. The van der Waals surface area contributed by atoms with E-state index in [1.165, 1.54) is 0 Å². The van der Waals surface area contributed by atoms with Crippen LogP contribution in [0.2, 0.25) is 0 Å². The summed E-state index contributed by atoms with van der Waals surface area (Å²) in [7, 11) is 0.